The van der Waals surface area contributed by atoms with Crippen LogP contribution in [0.4, 0.5) is 0 Å². The average Bonchev–Trinajstić information content (AvgIpc) is 2.12. The topological polar surface area (TPSA) is 81.3 Å². The van der Waals surface area contributed by atoms with Gasteiger partial charge in [-0.3, -0.25) is 4.79 Å². The molecule has 0 aromatic heterocycles. The lowest BCUT2D eigenvalue weighted by molar-refractivity contribution is -0.134. The van der Waals surface area contributed by atoms with Gasteiger partial charge >= 0.3 is 0 Å². The van der Waals surface area contributed by atoms with Gasteiger partial charge in [0.05, 0.1) is 18.8 Å². The van der Waals surface area contributed by atoms with Gasteiger partial charge < -0.3 is 10.2 Å². The Morgan fingerprint density at radius 3 is 2.00 bits per heavy atom. The number of rotatable bonds is 0. The second-order valence-electron chi connectivity index (χ2n) is 2.42. The van der Waals surface area contributed by atoms with E-state index < -0.39 is 5.97 Å². The van der Waals surface area contributed by atoms with Gasteiger partial charge in [0.2, 0.25) is 0 Å². The number of nitrogens with zero attached hydrogens (tertiary/aromatic N) is 1. The van der Waals surface area contributed by atoms with Crippen LogP contribution >= 0.6 is 45.2 Å². The zero-order valence-corrected chi connectivity index (χ0v) is 12.0. The highest BCUT2D eigenvalue weighted by Crippen LogP contribution is 2.26. The molecule has 4 nitrogen and oxygen atoms in total. The van der Waals surface area contributed by atoms with Crippen molar-refractivity contribution in [3.63, 3.8) is 0 Å². The molecule has 0 spiro atoms. The second kappa shape index (κ2) is 6.84. The Bertz CT molecular complexity index is 385. The summed E-state index contributed by atoms with van der Waals surface area (Å²) < 4.78 is 1.43. The Kier molecular flexibility index (Phi) is 6.58. The van der Waals surface area contributed by atoms with Gasteiger partial charge in [-0.25, -0.2) is 0 Å². The van der Waals surface area contributed by atoms with Crippen LogP contribution in [-0.4, -0.2) is 16.2 Å². The van der Waals surface area contributed by atoms with Crippen LogP contribution in [0.1, 0.15) is 12.5 Å². The fraction of sp³-hybridized carbons (Fsp3) is 0.111. The summed E-state index contributed by atoms with van der Waals surface area (Å²) in [5.74, 6) is -0.579. The molecule has 2 N–H and O–H groups in total. The lowest BCUT2D eigenvalue weighted by atomic mass is 10.2. The lowest BCUT2D eigenvalue weighted by Crippen LogP contribution is -1.82. The zero-order chi connectivity index (χ0) is 12.0. The van der Waals surface area contributed by atoms with Crippen molar-refractivity contribution < 1.29 is 15.0 Å². The smallest absolute Gasteiger partial charge is 0.300 e. The molecule has 0 saturated carbocycles. The third-order valence-electron chi connectivity index (χ3n) is 1.15. The molecule has 80 valence electrons. The molecule has 0 aliphatic rings. The molecule has 1 rings (SSSR count). The number of carboxylic acids is 1. The molecular formula is C9H7I2NO3. The normalized spacial score (nSPS) is 8.40. The van der Waals surface area contributed by atoms with E-state index in [2.05, 4.69) is 0 Å². The number of aromatic hydroxyl groups is 1. The molecule has 0 aliphatic carbocycles. The molecule has 1 aromatic carbocycles. The maximum Gasteiger partial charge on any atom is 0.300 e. The summed E-state index contributed by atoms with van der Waals surface area (Å²) in [6.07, 6.45) is 0. The fourth-order valence-electron chi connectivity index (χ4n) is 0.630. The summed E-state index contributed by atoms with van der Waals surface area (Å²) in [5.41, 5.74) is 0.580. The highest BCUT2D eigenvalue weighted by atomic mass is 127. The summed E-state index contributed by atoms with van der Waals surface area (Å²) in [5, 5.41) is 25.3. The van der Waals surface area contributed by atoms with Crippen molar-refractivity contribution in [3.05, 3.63) is 24.8 Å². The van der Waals surface area contributed by atoms with Crippen molar-refractivity contribution in [3.8, 4) is 11.8 Å². The molecule has 1 aromatic rings. The maximum absolute atomic E-state index is 9.30. The Hall–Kier alpha value is -0.560. The van der Waals surface area contributed by atoms with Crippen LogP contribution in [0.15, 0.2) is 12.1 Å². The summed E-state index contributed by atoms with van der Waals surface area (Å²) in [7, 11) is 0. The molecule has 0 fully saturated rings. The quantitative estimate of drug-likeness (QED) is 0.620. The van der Waals surface area contributed by atoms with E-state index in [1.165, 1.54) is 0 Å². The predicted molar refractivity (Wildman–Crippen MR) is 71.6 cm³/mol. The predicted octanol–water partition coefficient (Wildman–Crippen LogP) is 2.56. The number of carboxylic acid groups (broad SMARTS) is 1. The van der Waals surface area contributed by atoms with E-state index in [4.69, 9.17) is 15.2 Å². The number of nitriles is 1. The largest absolute Gasteiger partial charge is 0.506 e. The molecule has 0 bridgehead atoms. The summed E-state index contributed by atoms with van der Waals surface area (Å²) in [4.78, 5) is 9.00. The number of carbonyl (C=O) groups is 1. The van der Waals surface area contributed by atoms with E-state index in [1.807, 2.05) is 51.3 Å². The molecule has 0 aliphatic heterocycles. The first-order valence-electron chi connectivity index (χ1n) is 3.66. The van der Waals surface area contributed by atoms with Crippen LogP contribution in [0.5, 0.6) is 5.75 Å². The van der Waals surface area contributed by atoms with E-state index in [9.17, 15) is 5.11 Å². The first kappa shape index (κ1) is 14.4. The molecule has 0 saturated heterocycles. The Balaban J connectivity index is 0.000000423. The lowest BCUT2D eigenvalue weighted by Gasteiger charge is -1.99. The van der Waals surface area contributed by atoms with E-state index in [-0.39, 0.29) is 5.75 Å². The van der Waals surface area contributed by atoms with Gasteiger partial charge in [0, 0.05) is 6.92 Å². The van der Waals surface area contributed by atoms with Crippen LogP contribution in [0.2, 0.25) is 0 Å². The molecule has 15 heavy (non-hydrogen) atoms. The van der Waals surface area contributed by atoms with E-state index in [1.54, 1.807) is 12.1 Å². The molecule has 6 heteroatoms. The summed E-state index contributed by atoms with van der Waals surface area (Å²) in [6.45, 7) is 1.08. The minimum Gasteiger partial charge on any atom is -0.506 e. The van der Waals surface area contributed by atoms with E-state index in [0.29, 0.717) is 12.7 Å². The van der Waals surface area contributed by atoms with Crippen LogP contribution in [0, 0.1) is 18.5 Å². The standard InChI is InChI=1S/C7H3I2NO.C2H4O2/c8-5-1-4(3-10)2-6(9)7(5)11;1-2(3)4/h1-2,11H;1H3,(H,3,4). The molecule has 0 amide bonds. The number of hydrogen-bond acceptors (Lipinski definition) is 3. The van der Waals surface area contributed by atoms with Gasteiger partial charge in [-0.05, 0) is 57.3 Å². The highest BCUT2D eigenvalue weighted by Gasteiger charge is 2.04. The number of phenols is 1. The van der Waals surface area contributed by atoms with Crippen molar-refractivity contribution >= 4 is 51.2 Å². The number of halogens is 2. The molecule has 0 atom stereocenters. The first-order valence-corrected chi connectivity index (χ1v) is 5.82. The van der Waals surface area contributed by atoms with Gasteiger partial charge in [-0.1, -0.05) is 0 Å². The van der Waals surface area contributed by atoms with Crippen molar-refractivity contribution in [1.82, 2.24) is 0 Å². The van der Waals surface area contributed by atoms with Gasteiger partial charge in [0.25, 0.3) is 5.97 Å². The fourth-order valence-corrected chi connectivity index (χ4v) is 2.40. The average molecular weight is 431 g/mol. The Morgan fingerprint density at radius 1 is 1.40 bits per heavy atom. The van der Waals surface area contributed by atoms with Crippen molar-refractivity contribution in [2.45, 2.75) is 6.92 Å². The summed E-state index contributed by atoms with van der Waals surface area (Å²) >= 11 is 3.99. The maximum atomic E-state index is 9.30. The van der Waals surface area contributed by atoms with Crippen LogP contribution < -0.4 is 0 Å². The van der Waals surface area contributed by atoms with Gasteiger partial charge in [-0.15, -0.1) is 0 Å². The molecular weight excluding hydrogens is 424 g/mol. The van der Waals surface area contributed by atoms with E-state index >= 15 is 0 Å². The van der Waals surface area contributed by atoms with Crippen LogP contribution in [-0.2, 0) is 4.79 Å². The SMILES string of the molecule is CC(=O)O.N#Cc1cc(I)c(O)c(I)c1. The third-order valence-corrected chi connectivity index (χ3v) is 2.79. The number of hydrogen-bond donors (Lipinski definition) is 2. The summed E-state index contributed by atoms with van der Waals surface area (Å²) in [6, 6.07) is 5.32. The van der Waals surface area contributed by atoms with Crippen molar-refractivity contribution in [1.29, 1.82) is 5.26 Å². The monoisotopic (exact) mass is 431 g/mol. The molecule has 0 heterocycles. The third kappa shape index (κ3) is 5.78. The molecule has 0 unspecified atom stereocenters. The molecule has 0 radical (unpaired) electrons. The number of benzene rings is 1. The van der Waals surface area contributed by atoms with E-state index in [0.717, 1.165) is 6.92 Å². The minimum absolute atomic E-state index is 0.255. The van der Waals surface area contributed by atoms with Gasteiger partial charge in [0.1, 0.15) is 5.75 Å². The zero-order valence-electron chi connectivity index (χ0n) is 7.66. The van der Waals surface area contributed by atoms with Crippen molar-refractivity contribution in [2.24, 2.45) is 0 Å². The van der Waals surface area contributed by atoms with Crippen LogP contribution in [0.3, 0.4) is 0 Å². The van der Waals surface area contributed by atoms with Crippen LogP contribution in [0.25, 0.3) is 0 Å². The number of aliphatic carboxylic acids is 1. The second-order valence-corrected chi connectivity index (χ2v) is 4.74. The first-order chi connectivity index (χ1) is 6.88. The van der Waals surface area contributed by atoms with Gasteiger partial charge in [0.15, 0.2) is 0 Å². The highest BCUT2D eigenvalue weighted by molar-refractivity contribution is 14.1. The number of phenolic OH excluding ortho intramolecular Hbond substituents is 1. The minimum atomic E-state index is -0.833. The van der Waals surface area contributed by atoms with Gasteiger partial charge in [-0.2, -0.15) is 5.26 Å². The Labute approximate surface area is 114 Å². The van der Waals surface area contributed by atoms with Crippen molar-refractivity contribution in [2.75, 3.05) is 0 Å². The Morgan fingerprint density at radius 2 is 1.73 bits per heavy atom.